The minimum atomic E-state index is -1.39. The summed E-state index contributed by atoms with van der Waals surface area (Å²) >= 11 is 12.7. The number of para-hydroxylation sites is 1. The molecule has 3 aliphatic heterocycles. The lowest BCUT2D eigenvalue weighted by molar-refractivity contribution is -0.122. The molecular weight excluding hydrogens is 543 g/mol. The molecule has 1 N–H and O–H groups in total. The number of nitrogens with one attached hydrogen (secondary N) is 1. The fourth-order valence-electron chi connectivity index (χ4n) is 6.78. The Labute approximate surface area is 241 Å². The number of hydrogen-bond donors (Lipinski definition) is 1. The van der Waals surface area contributed by atoms with E-state index in [2.05, 4.69) is 5.32 Å². The molecule has 1 amide bonds. The first-order chi connectivity index (χ1) is 19.4. The number of amides is 1. The van der Waals surface area contributed by atoms with Gasteiger partial charge < -0.3 is 10.2 Å². The van der Waals surface area contributed by atoms with E-state index in [9.17, 15) is 14.4 Å². The molecule has 0 aromatic heterocycles. The smallest absolute Gasteiger partial charge is 0.238 e. The van der Waals surface area contributed by atoms with E-state index in [-0.39, 0.29) is 17.5 Å². The monoisotopic (exact) mass is 564 g/mol. The molecule has 1 saturated heterocycles. The van der Waals surface area contributed by atoms with Crippen molar-refractivity contribution >= 4 is 52.4 Å². The summed E-state index contributed by atoms with van der Waals surface area (Å²) in [4.78, 5) is 45.5. The van der Waals surface area contributed by atoms with Crippen LogP contribution in [0.4, 0.5) is 5.69 Å². The molecule has 0 unspecified atom stereocenters. The predicted octanol–water partition coefficient (Wildman–Crippen LogP) is 6.98. The Hall–Kier alpha value is -4.19. The van der Waals surface area contributed by atoms with Crippen molar-refractivity contribution in [2.24, 2.45) is 5.92 Å². The van der Waals surface area contributed by atoms with Crippen LogP contribution in [0.3, 0.4) is 0 Å². The normalized spacial score (nSPS) is 23.9. The number of carbonyl (C=O) groups is 3. The standard InChI is InChI=1S/C33H22Cl2N2O3/c34-21-15-13-20(14-16-21)29(38)27-28(30(39)23-9-3-5-11-25(23)35)37-18-17-19-7-1-2-8-22(19)31(37)33(27)24-10-4-6-12-26(24)36-32(33)40/h1-18,27-28,31H,(H,36,40)/t27-,28-,31+,33+/m0/s1. The number of benzene rings is 4. The lowest BCUT2D eigenvalue weighted by atomic mass is 9.62. The second-order valence-electron chi connectivity index (χ2n) is 10.3. The van der Waals surface area contributed by atoms with Gasteiger partial charge in [-0.05, 0) is 65.2 Å². The number of fused-ring (bicyclic) bond motifs is 6. The van der Waals surface area contributed by atoms with Crippen molar-refractivity contribution in [3.8, 4) is 0 Å². The molecular formula is C33H22Cl2N2O3. The Morgan fingerprint density at radius 3 is 2.30 bits per heavy atom. The van der Waals surface area contributed by atoms with Gasteiger partial charge in [0.25, 0.3) is 0 Å². The van der Waals surface area contributed by atoms with Crippen LogP contribution in [0.15, 0.2) is 103 Å². The number of ketones is 2. The number of hydrogen-bond acceptors (Lipinski definition) is 4. The Morgan fingerprint density at radius 1 is 0.800 bits per heavy atom. The molecule has 0 bridgehead atoms. The number of nitrogens with zero attached hydrogens (tertiary/aromatic N) is 1. The summed E-state index contributed by atoms with van der Waals surface area (Å²) in [7, 11) is 0. The highest BCUT2D eigenvalue weighted by atomic mass is 35.5. The van der Waals surface area contributed by atoms with Crippen LogP contribution >= 0.6 is 23.2 Å². The molecule has 1 fully saturated rings. The molecule has 5 nitrogen and oxygen atoms in total. The average molecular weight is 565 g/mol. The molecule has 3 aliphatic rings. The Kier molecular flexibility index (Phi) is 5.70. The lowest BCUT2D eigenvalue weighted by Crippen LogP contribution is -2.49. The third kappa shape index (κ3) is 3.38. The van der Waals surface area contributed by atoms with Crippen LogP contribution in [0.2, 0.25) is 10.0 Å². The van der Waals surface area contributed by atoms with Crippen LogP contribution in [0.5, 0.6) is 0 Å². The van der Waals surface area contributed by atoms with E-state index in [0.717, 1.165) is 11.1 Å². The Bertz CT molecular complexity index is 1750. The van der Waals surface area contributed by atoms with E-state index >= 15 is 0 Å². The molecule has 7 rings (SSSR count). The van der Waals surface area contributed by atoms with Gasteiger partial charge >= 0.3 is 0 Å². The highest BCUT2D eigenvalue weighted by Crippen LogP contribution is 2.62. The first kappa shape index (κ1) is 24.8. The van der Waals surface area contributed by atoms with Gasteiger partial charge in [-0.2, -0.15) is 0 Å². The zero-order chi connectivity index (χ0) is 27.6. The lowest BCUT2D eigenvalue weighted by Gasteiger charge is -2.38. The summed E-state index contributed by atoms with van der Waals surface area (Å²) in [5, 5.41) is 3.83. The molecule has 3 heterocycles. The molecule has 0 saturated carbocycles. The van der Waals surface area contributed by atoms with Gasteiger partial charge in [0, 0.05) is 28.0 Å². The average Bonchev–Trinajstić information content (AvgIpc) is 3.45. The highest BCUT2D eigenvalue weighted by Gasteiger charge is 2.70. The number of carbonyl (C=O) groups excluding carboxylic acids is 3. The molecule has 4 atom stereocenters. The van der Waals surface area contributed by atoms with Gasteiger partial charge in [-0.25, -0.2) is 0 Å². The van der Waals surface area contributed by atoms with Gasteiger partial charge in [-0.15, -0.1) is 0 Å². The van der Waals surface area contributed by atoms with Crippen molar-refractivity contribution in [3.63, 3.8) is 0 Å². The van der Waals surface area contributed by atoms with Crippen LogP contribution in [0.25, 0.3) is 6.08 Å². The van der Waals surface area contributed by atoms with Crippen molar-refractivity contribution in [3.05, 3.63) is 141 Å². The molecule has 7 heteroatoms. The fourth-order valence-corrected chi connectivity index (χ4v) is 7.14. The van der Waals surface area contributed by atoms with Crippen molar-refractivity contribution < 1.29 is 14.4 Å². The minimum absolute atomic E-state index is 0.292. The fraction of sp³-hybridized carbons (Fsp3) is 0.121. The van der Waals surface area contributed by atoms with Gasteiger partial charge in [-0.3, -0.25) is 14.4 Å². The summed E-state index contributed by atoms with van der Waals surface area (Å²) in [6, 6.07) is 27.0. The summed E-state index contributed by atoms with van der Waals surface area (Å²) in [5.74, 6) is -2.01. The van der Waals surface area contributed by atoms with Gasteiger partial charge in [0.05, 0.1) is 17.0 Å². The molecule has 1 spiro atoms. The van der Waals surface area contributed by atoms with Crippen LogP contribution in [-0.4, -0.2) is 28.4 Å². The van der Waals surface area contributed by atoms with Crippen LogP contribution in [0.1, 0.15) is 43.4 Å². The summed E-state index contributed by atoms with van der Waals surface area (Å²) in [6.07, 6.45) is 3.78. The molecule has 0 aliphatic carbocycles. The molecule has 40 heavy (non-hydrogen) atoms. The highest BCUT2D eigenvalue weighted by molar-refractivity contribution is 6.34. The Balaban J connectivity index is 1.55. The molecule has 0 radical (unpaired) electrons. The number of anilines is 1. The van der Waals surface area contributed by atoms with Crippen molar-refractivity contribution in [2.75, 3.05) is 5.32 Å². The maximum Gasteiger partial charge on any atom is 0.238 e. The zero-order valence-electron chi connectivity index (χ0n) is 21.1. The van der Waals surface area contributed by atoms with Gasteiger partial charge in [0.2, 0.25) is 5.91 Å². The molecule has 4 aromatic carbocycles. The quantitative estimate of drug-likeness (QED) is 0.272. The van der Waals surface area contributed by atoms with Crippen LogP contribution in [0, 0.1) is 5.92 Å². The van der Waals surface area contributed by atoms with Crippen molar-refractivity contribution in [1.29, 1.82) is 0 Å². The third-order valence-corrected chi connectivity index (χ3v) is 8.97. The van der Waals surface area contributed by atoms with Crippen LogP contribution in [-0.2, 0) is 10.2 Å². The summed E-state index contributed by atoms with van der Waals surface area (Å²) in [5.41, 5.74) is 2.43. The van der Waals surface area contributed by atoms with E-state index in [0.29, 0.717) is 32.4 Å². The first-order valence-corrected chi connectivity index (χ1v) is 13.7. The minimum Gasteiger partial charge on any atom is -0.358 e. The van der Waals surface area contributed by atoms with E-state index in [4.69, 9.17) is 23.2 Å². The first-order valence-electron chi connectivity index (χ1n) is 13.0. The van der Waals surface area contributed by atoms with Crippen molar-refractivity contribution in [1.82, 2.24) is 4.90 Å². The largest absolute Gasteiger partial charge is 0.358 e. The van der Waals surface area contributed by atoms with Gasteiger partial charge in [0.1, 0.15) is 11.5 Å². The predicted molar refractivity (Wildman–Crippen MR) is 156 cm³/mol. The summed E-state index contributed by atoms with van der Waals surface area (Å²) < 4.78 is 0. The molecule has 196 valence electrons. The second kappa shape index (κ2) is 9.19. The topological polar surface area (TPSA) is 66.5 Å². The third-order valence-electron chi connectivity index (χ3n) is 8.39. The van der Waals surface area contributed by atoms with E-state index in [1.54, 1.807) is 48.5 Å². The number of rotatable bonds is 4. The van der Waals surface area contributed by atoms with E-state index < -0.39 is 23.4 Å². The van der Waals surface area contributed by atoms with Gasteiger partial charge in [0.15, 0.2) is 11.6 Å². The van der Waals surface area contributed by atoms with E-state index in [1.807, 2.05) is 65.7 Å². The maximum absolute atomic E-state index is 14.7. The van der Waals surface area contributed by atoms with Gasteiger partial charge in [-0.1, -0.05) is 77.8 Å². The molecule has 4 aromatic rings. The number of halogens is 2. The SMILES string of the molecule is O=C(c1ccccc1Cl)[C@@H]1[C@@H](C(=O)c2ccc(Cl)cc2)[C@@]2(C(=O)Nc3ccccc32)[C@H]2c3ccccc3C=CN12. The van der Waals surface area contributed by atoms with Crippen LogP contribution < -0.4 is 5.32 Å². The second-order valence-corrected chi connectivity index (χ2v) is 11.1. The Morgan fingerprint density at radius 2 is 1.50 bits per heavy atom. The zero-order valence-corrected chi connectivity index (χ0v) is 22.6. The van der Waals surface area contributed by atoms with E-state index in [1.165, 1.54) is 0 Å². The summed E-state index contributed by atoms with van der Waals surface area (Å²) in [6.45, 7) is 0. The maximum atomic E-state index is 14.7. The number of Topliss-reactive ketones (excluding diaryl/α,β-unsaturated/α-hetero) is 2. The van der Waals surface area contributed by atoms with Crippen molar-refractivity contribution in [2.45, 2.75) is 17.5 Å².